The van der Waals surface area contributed by atoms with E-state index in [-0.39, 0.29) is 29.1 Å². The van der Waals surface area contributed by atoms with Crippen LogP contribution in [0.5, 0.6) is 0 Å². The first kappa shape index (κ1) is 20.6. The Morgan fingerprint density at radius 1 is 1.26 bits per heavy atom. The van der Waals surface area contributed by atoms with E-state index in [0.29, 0.717) is 23.4 Å². The summed E-state index contributed by atoms with van der Waals surface area (Å²) < 4.78 is 0.743. The van der Waals surface area contributed by atoms with Crippen LogP contribution >= 0.6 is 23.1 Å². The Morgan fingerprint density at radius 3 is 2.67 bits per heavy atom. The maximum atomic E-state index is 12.6. The minimum Gasteiger partial charge on any atom is -0.352 e. The van der Waals surface area contributed by atoms with Crippen molar-refractivity contribution in [2.45, 2.75) is 87.9 Å². The van der Waals surface area contributed by atoms with Gasteiger partial charge in [0.1, 0.15) is 0 Å². The Hall–Kier alpha value is -1.15. The number of nitrogens with zero attached hydrogens (tertiary/aromatic N) is 3. The fraction of sp³-hybridized carbons (Fsp3) is 0.789. The highest BCUT2D eigenvalue weighted by Gasteiger charge is 2.35. The zero-order valence-corrected chi connectivity index (χ0v) is 18.2. The summed E-state index contributed by atoms with van der Waals surface area (Å²) in [5, 5.41) is 12.1. The Bertz CT molecular complexity index is 676. The molecule has 1 aromatic rings. The topological polar surface area (TPSA) is 75.2 Å². The number of aromatic nitrogens is 2. The van der Waals surface area contributed by atoms with E-state index >= 15 is 0 Å². The normalized spacial score (nSPS) is 26.4. The number of rotatable bonds is 7. The van der Waals surface area contributed by atoms with Gasteiger partial charge in [-0.3, -0.25) is 14.5 Å². The number of nitrogens with one attached hydrogen (secondary N) is 1. The molecule has 2 aliphatic carbocycles. The zero-order chi connectivity index (χ0) is 19.6. The molecule has 4 atom stereocenters. The number of hydrogen-bond donors (Lipinski definition) is 1. The van der Waals surface area contributed by atoms with E-state index in [2.05, 4.69) is 29.4 Å². The SMILES string of the molecule is CCC(=O)N(c1nnc(S[C@@H](C)C(=O)N[C@H]2CCC[C@H](C)[C@@H]2C)s1)C1CC1. The Balaban J connectivity index is 1.57. The van der Waals surface area contributed by atoms with Crippen LogP contribution in [-0.2, 0) is 9.59 Å². The monoisotopic (exact) mass is 410 g/mol. The van der Waals surface area contributed by atoms with Gasteiger partial charge in [0.05, 0.1) is 5.25 Å². The fourth-order valence-corrected chi connectivity index (χ4v) is 5.69. The maximum Gasteiger partial charge on any atom is 0.233 e. The van der Waals surface area contributed by atoms with E-state index in [1.165, 1.54) is 35.9 Å². The number of anilines is 1. The number of carbonyl (C=O) groups is 2. The minimum atomic E-state index is -0.230. The van der Waals surface area contributed by atoms with Crippen LogP contribution < -0.4 is 10.2 Å². The van der Waals surface area contributed by atoms with E-state index in [0.717, 1.165) is 23.6 Å². The van der Waals surface area contributed by atoms with Crippen molar-refractivity contribution < 1.29 is 9.59 Å². The van der Waals surface area contributed by atoms with Crippen LogP contribution in [0.1, 0.15) is 66.2 Å². The van der Waals surface area contributed by atoms with Gasteiger partial charge in [-0.05, 0) is 38.0 Å². The van der Waals surface area contributed by atoms with Gasteiger partial charge in [0, 0.05) is 18.5 Å². The van der Waals surface area contributed by atoms with Gasteiger partial charge in [-0.25, -0.2) is 0 Å². The summed E-state index contributed by atoms with van der Waals surface area (Å²) in [6.45, 7) is 8.29. The molecule has 0 bridgehead atoms. The van der Waals surface area contributed by atoms with Gasteiger partial charge in [-0.2, -0.15) is 0 Å². The van der Waals surface area contributed by atoms with Crippen molar-refractivity contribution >= 4 is 40.0 Å². The predicted octanol–water partition coefficient (Wildman–Crippen LogP) is 3.87. The molecule has 0 aliphatic heterocycles. The number of carbonyl (C=O) groups excluding carboxylic acids is 2. The lowest BCUT2D eigenvalue weighted by Gasteiger charge is -2.35. The van der Waals surface area contributed by atoms with Gasteiger partial charge in [-0.15, -0.1) is 10.2 Å². The Kier molecular flexibility index (Phi) is 6.78. The first-order chi connectivity index (χ1) is 12.9. The number of hydrogen-bond acceptors (Lipinski definition) is 6. The van der Waals surface area contributed by atoms with Gasteiger partial charge < -0.3 is 5.32 Å². The fourth-order valence-electron chi connectivity index (χ4n) is 3.61. The molecule has 2 fully saturated rings. The molecule has 150 valence electrons. The summed E-state index contributed by atoms with van der Waals surface area (Å²) in [6.07, 6.45) is 6.03. The summed E-state index contributed by atoms with van der Waals surface area (Å²) in [6, 6.07) is 0.542. The second-order valence-electron chi connectivity index (χ2n) is 7.84. The summed E-state index contributed by atoms with van der Waals surface area (Å²) in [5.41, 5.74) is 0. The van der Waals surface area contributed by atoms with Crippen LogP contribution in [0.25, 0.3) is 0 Å². The molecule has 6 nitrogen and oxygen atoms in total. The molecule has 3 rings (SSSR count). The maximum absolute atomic E-state index is 12.6. The van der Waals surface area contributed by atoms with Gasteiger partial charge in [0.2, 0.25) is 16.9 Å². The minimum absolute atomic E-state index is 0.0615. The molecular formula is C19H30N4O2S2. The first-order valence-corrected chi connectivity index (χ1v) is 11.7. The van der Waals surface area contributed by atoms with Crippen molar-refractivity contribution in [3.63, 3.8) is 0 Å². The lowest BCUT2D eigenvalue weighted by molar-refractivity contribution is -0.121. The second-order valence-corrected chi connectivity index (χ2v) is 10.4. The van der Waals surface area contributed by atoms with Crippen LogP contribution in [-0.4, -0.2) is 39.3 Å². The van der Waals surface area contributed by atoms with Crippen LogP contribution in [0.4, 0.5) is 5.13 Å². The van der Waals surface area contributed by atoms with Crippen molar-refractivity contribution in [2.75, 3.05) is 4.90 Å². The smallest absolute Gasteiger partial charge is 0.233 e. The third-order valence-corrected chi connectivity index (χ3v) is 7.87. The van der Waals surface area contributed by atoms with E-state index in [1.807, 2.05) is 13.8 Å². The predicted molar refractivity (Wildman–Crippen MR) is 110 cm³/mol. The average Bonchev–Trinajstić information content (AvgIpc) is 3.37. The lowest BCUT2D eigenvalue weighted by Crippen LogP contribution is -2.46. The molecular weight excluding hydrogens is 380 g/mol. The third kappa shape index (κ3) is 5.02. The van der Waals surface area contributed by atoms with Gasteiger partial charge >= 0.3 is 0 Å². The molecule has 0 unspecified atom stereocenters. The molecule has 1 aromatic heterocycles. The van der Waals surface area contributed by atoms with Crippen molar-refractivity contribution in [1.29, 1.82) is 0 Å². The van der Waals surface area contributed by atoms with Crippen LogP contribution in [0.3, 0.4) is 0 Å². The first-order valence-electron chi connectivity index (χ1n) is 10.0. The van der Waals surface area contributed by atoms with E-state index < -0.39 is 0 Å². The van der Waals surface area contributed by atoms with Gasteiger partial charge in [0.25, 0.3) is 0 Å². The van der Waals surface area contributed by atoms with E-state index in [9.17, 15) is 9.59 Å². The van der Waals surface area contributed by atoms with Crippen LogP contribution in [0.2, 0.25) is 0 Å². The van der Waals surface area contributed by atoms with E-state index in [1.54, 1.807) is 4.90 Å². The lowest BCUT2D eigenvalue weighted by atomic mass is 9.78. The molecule has 2 amide bonds. The average molecular weight is 411 g/mol. The van der Waals surface area contributed by atoms with Gasteiger partial charge in [0.15, 0.2) is 4.34 Å². The van der Waals surface area contributed by atoms with E-state index in [4.69, 9.17) is 0 Å². The molecule has 8 heteroatoms. The highest BCUT2D eigenvalue weighted by Crippen LogP contribution is 2.37. The molecule has 1 N–H and O–H groups in total. The number of amides is 2. The molecule has 0 aromatic carbocycles. The highest BCUT2D eigenvalue weighted by molar-refractivity contribution is 8.02. The Morgan fingerprint density at radius 2 is 2.00 bits per heavy atom. The van der Waals surface area contributed by atoms with Crippen molar-refractivity contribution in [2.24, 2.45) is 11.8 Å². The summed E-state index contributed by atoms with van der Waals surface area (Å²) >= 11 is 2.84. The molecule has 0 radical (unpaired) electrons. The summed E-state index contributed by atoms with van der Waals surface area (Å²) in [4.78, 5) is 26.6. The molecule has 2 aliphatic rings. The largest absolute Gasteiger partial charge is 0.352 e. The quantitative estimate of drug-likeness (QED) is 0.546. The van der Waals surface area contributed by atoms with Crippen molar-refractivity contribution in [3.8, 4) is 0 Å². The van der Waals surface area contributed by atoms with Crippen molar-refractivity contribution in [1.82, 2.24) is 15.5 Å². The van der Waals surface area contributed by atoms with Gasteiger partial charge in [-0.1, -0.05) is 56.7 Å². The second kappa shape index (κ2) is 8.90. The standard InChI is InChI=1S/C19H30N4O2S2/c1-5-16(24)23(14-9-10-14)18-21-22-19(27-18)26-13(4)17(25)20-15-8-6-7-11(2)12(15)3/h11-15H,5-10H2,1-4H3,(H,20,25)/t11-,12-,13-,15-/m0/s1. The third-order valence-electron chi connectivity index (χ3n) is 5.77. The molecule has 27 heavy (non-hydrogen) atoms. The number of thioether (sulfide) groups is 1. The van der Waals surface area contributed by atoms with Crippen molar-refractivity contribution in [3.05, 3.63) is 0 Å². The van der Waals surface area contributed by atoms with Crippen LogP contribution in [0.15, 0.2) is 4.34 Å². The Labute approximate surface area is 169 Å². The molecule has 0 spiro atoms. The molecule has 0 saturated heterocycles. The zero-order valence-electron chi connectivity index (χ0n) is 16.6. The summed E-state index contributed by atoms with van der Waals surface area (Å²) in [7, 11) is 0. The highest BCUT2D eigenvalue weighted by atomic mass is 32.2. The summed E-state index contributed by atoms with van der Waals surface area (Å²) in [5.74, 6) is 1.32. The molecule has 1 heterocycles. The molecule has 2 saturated carbocycles. The van der Waals surface area contributed by atoms with Crippen LogP contribution in [0, 0.1) is 11.8 Å².